The molecule has 3 heteroatoms. The van der Waals surface area contributed by atoms with Crippen LogP contribution in [-0.2, 0) is 16.1 Å². The standard InChI is InChI=1S/C24H29NO2/c26-24(23(21-13-7-8-14-21)20-11-5-2-6-12-20)27-22-15-16-25(18-22)17-19-9-3-1-4-10-19/h1-6,9-12,21-23H,7-8,13-18H2/t22-,23-/m1/s1. The van der Waals surface area contributed by atoms with E-state index in [0.29, 0.717) is 5.92 Å². The summed E-state index contributed by atoms with van der Waals surface area (Å²) in [6, 6.07) is 20.8. The molecular weight excluding hydrogens is 334 g/mol. The summed E-state index contributed by atoms with van der Waals surface area (Å²) in [5.74, 6) is 0.318. The van der Waals surface area contributed by atoms with Gasteiger partial charge in [0.25, 0.3) is 0 Å². The number of nitrogens with zero attached hydrogens (tertiary/aromatic N) is 1. The van der Waals surface area contributed by atoms with Crippen LogP contribution in [0.15, 0.2) is 60.7 Å². The van der Waals surface area contributed by atoms with E-state index < -0.39 is 0 Å². The van der Waals surface area contributed by atoms with Crippen molar-refractivity contribution in [1.29, 1.82) is 0 Å². The number of rotatable bonds is 6. The topological polar surface area (TPSA) is 29.5 Å². The lowest BCUT2D eigenvalue weighted by atomic mass is 9.85. The fourth-order valence-corrected chi connectivity index (χ4v) is 4.67. The SMILES string of the molecule is O=C(O[C@@H]1CCN(Cc2ccccc2)C1)[C@H](c1ccccc1)C1CCCC1. The zero-order valence-corrected chi connectivity index (χ0v) is 15.9. The Labute approximate surface area is 162 Å². The van der Waals surface area contributed by atoms with Crippen molar-refractivity contribution in [1.82, 2.24) is 4.90 Å². The number of carbonyl (C=O) groups is 1. The molecule has 0 aromatic heterocycles. The fraction of sp³-hybridized carbons (Fsp3) is 0.458. The molecule has 0 amide bonds. The van der Waals surface area contributed by atoms with Crippen LogP contribution in [0.25, 0.3) is 0 Å². The van der Waals surface area contributed by atoms with Crippen molar-refractivity contribution in [2.75, 3.05) is 13.1 Å². The van der Waals surface area contributed by atoms with Crippen molar-refractivity contribution in [3.63, 3.8) is 0 Å². The van der Waals surface area contributed by atoms with E-state index in [1.54, 1.807) is 0 Å². The first kappa shape index (κ1) is 18.2. The third-order valence-electron chi connectivity index (χ3n) is 6.04. The first-order valence-corrected chi connectivity index (χ1v) is 10.3. The van der Waals surface area contributed by atoms with Crippen LogP contribution in [0.3, 0.4) is 0 Å². The molecule has 3 nitrogen and oxygen atoms in total. The molecule has 1 saturated heterocycles. The quantitative estimate of drug-likeness (QED) is 0.692. The molecule has 1 aliphatic carbocycles. The van der Waals surface area contributed by atoms with E-state index in [9.17, 15) is 4.79 Å². The van der Waals surface area contributed by atoms with Gasteiger partial charge < -0.3 is 4.74 Å². The fourth-order valence-electron chi connectivity index (χ4n) is 4.67. The summed E-state index contributed by atoms with van der Waals surface area (Å²) in [6.45, 7) is 2.76. The van der Waals surface area contributed by atoms with E-state index in [1.165, 1.54) is 18.4 Å². The normalized spacial score (nSPS) is 22.0. The van der Waals surface area contributed by atoms with Crippen LogP contribution >= 0.6 is 0 Å². The Morgan fingerprint density at radius 1 is 0.963 bits per heavy atom. The molecule has 2 aromatic rings. The zero-order chi connectivity index (χ0) is 18.5. The number of carbonyl (C=O) groups excluding carboxylic acids is 1. The van der Waals surface area contributed by atoms with Gasteiger partial charge in [-0.25, -0.2) is 0 Å². The van der Waals surface area contributed by atoms with Crippen LogP contribution in [0.5, 0.6) is 0 Å². The maximum Gasteiger partial charge on any atom is 0.314 e. The Kier molecular flexibility index (Phi) is 5.88. The third-order valence-corrected chi connectivity index (χ3v) is 6.04. The minimum absolute atomic E-state index is 0.0142. The first-order chi connectivity index (χ1) is 13.3. The highest BCUT2D eigenvalue weighted by molar-refractivity contribution is 5.78. The summed E-state index contributed by atoms with van der Waals surface area (Å²) in [5, 5.41) is 0. The number of hydrogen-bond acceptors (Lipinski definition) is 3. The molecule has 2 atom stereocenters. The summed E-state index contributed by atoms with van der Waals surface area (Å²) < 4.78 is 6.03. The predicted octanol–water partition coefficient (Wildman–Crippen LogP) is 4.78. The molecule has 142 valence electrons. The molecular formula is C24H29NO2. The largest absolute Gasteiger partial charge is 0.460 e. The van der Waals surface area contributed by atoms with E-state index in [-0.39, 0.29) is 18.0 Å². The Hall–Kier alpha value is -2.13. The predicted molar refractivity (Wildman–Crippen MR) is 107 cm³/mol. The first-order valence-electron chi connectivity index (χ1n) is 10.3. The van der Waals surface area contributed by atoms with Gasteiger partial charge in [0.05, 0.1) is 5.92 Å². The second kappa shape index (κ2) is 8.71. The minimum Gasteiger partial charge on any atom is -0.460 e. The number of benzene rings is 2. The van der Waals surface area contributed by atoms with Gasteiger partial charge in [0.1, 0.15) is 6.10 Å². The van der Waals surface area contributed by atoms with Crippen LogP contribution < -0.4 is 0 Å². The lowest BCUT2D eigenvalue weighted by molar-refractivity contribution is -0.151. The van der Waals surface area contributed by atoms with Gasteiger partial charge in [0.2, 0.25) is 0 Å². The lowest BCUT2D eigenvalue weighted by Crippen LogP contribution is -2.29. The van der Waals surface area contributed by atoms with Gasteiger partial charge in [0, 0.05) is 19.6 Å². The molecule has 0 radical (unpaired) electrons. The molecule has 1 heterocycles. The van der Waals surface area contributed by atoms with Crippen molar-refractivity contribution >= 4 is 5.97 Å². The Morgan fingerprint density at radius 2 is 1.63 bits per heavy atom. The molecule has 0 unspecified atom stereocenters. The highest BCUT2D eigenvalue weighted by Crippen LogP contribution is 2.38. The maximum absolute atomic E-state index is 13.1. The van der Waals surface area contributed by atoms with E-state index in [2.05, 4.69) is 41.3 Å². The minimum atomic E-state index is -0.100. The summed E-state index contributed by atoms with van der Waals surface area (Å²) in [6.07, 6.45) is 5.70. The molecule has 0 N–H and O–H groups in total. The highest BCUT2D eigenvalue weighted by Gasteiger charge is 2.35. The van der Waals surface area contributed by atoms with E-state index in [4.69, 9.17) is 4.74 Å². The third kappa shape index (κ3) is 4.59. The van der Waals surface area contributed by atoms with Gasteiger partial charge in [-0.15, -0.1) is 0 Å². The monoisotopic (exact) mass is 363 g/mol. The summed E-state index contributed by atoms with van der Waals surface area (Å²) in [7, 11) is 0. The van der Waals surface area contributed by atoms with Crippen LogP contribution in [0.1, 0.15) is 49.1 Å². The van der Waals surface area contributed by atoms with Gasteiger partial charge in [0.15, 0.2) is 0 Å². The van der Waals surface area contributed by atoms with Crippen LogP contribution in [-0.4, -0.2) is 30.1 Å². The van der Waals surface area contributed by atoms with Crippen molar-refractivity contribution in [2.24, 2.45) is 5.92 Å². The number of esters is 1. The average Bonchev–Trinajstić information content (AvgIpc) is 3.36. The van der Waals surface area contributed by atoms with Crippen LogP contribution in [0.4, 0.5) is 0 Å². The number of ether oxygens (including phenoxy) is 1. The van der Waals surface area contributed by atoms with E-state index >= 15 is 0 Å². The molecule has 2 aromatic carbocycles. The molecule has 0 bridgehead atoms. The average molecular weight is 364 g/mol. The molecule has 1 aliphatic heterocycles. The van der Waals surface area contributed by atoms with Gasteiger partial charge in [-0.05, 0) is 36.3 Å². The molecule has 1 saturated carbocycles. The Balaban J connectivity index is 1.38. The van der Waals surface area contributed by atoms with Crippen molar-refractivity contribution in [2.45, 2.75) is 50.7 Å². The van der Waals surface area contributed by atoms with Gasteiger partial charge in [-0.1, -0.05) is 73.5 Å². The molecule has 2 fully saturated rings. The molecule has 27 heavy (non-hydrogen) atoms. The van der Waals surface area contributed by atoms with Crippen molar-refractivity contribution in [3.05, 3.63) is 71.8 Å². The Morgan fingerprint density at radius 3 is 2.33 bits per heavy atom. The summed E-state index contributed by atoms with van der Waals surface area (Å²) in [4.78, 5) is 15.5. The van der Waals surface area contributed by atoms with Crippen LogP contribution in [0, 0.1) is 5.92 Å². The zero-order valence-electron chi connectivity index (χ0n) is 15.9. The smallest absolute Gasteiger partial charge is 0.314 e. The van der Waals surface area contributed by atoms with Crippen molar-refractivity contribution < 1.29 is 9.53 Å². The molecule has 2 aliphatic rings. The van der Waals surface area contributed by atoms with Crippen LogP contribution in [0.2, 0.25) is 0 Å². The Bertz CT molecular complexity index is 725. The second-order valence-electron chi connectivity index (χ2n) is 8.00. The van der Waals surface area contributed by atoms with Crippen molar-refractivity contribution in [3.8, 4) is 0 Å². The maximum atomic E-state index is 13.1. The second-order valence-corrected chi connectivity index (χ2v) is 8.00. The molecule has 4 rings (SSSR count). The molecule has 0 spiro atoms. The summed E-state index contributed by atoms with van der Waals surface area (Å²) >= 11 is 0. The van der Waals surface area contributed by atoms with E-state index in [1.807, 2.05) is 24.3 Å². The number of likely N-dealkylation sites (tertiary alicyclic amines) is 1. The van der Waals surface area contributed by atoms with Gasteiger partial charge in [-0.3, -0.25) is 9.69 Å². The highest BCUT2D eigenvalue weighted by atomic mass is 16.5. The van der Waals surface area contributed by atoms with Gasteiger partial charge in [-0.2, -0.15) is 0 Å². The summed E-state index contributed by atoms with van der Waals surface area (Å²) in [5.41, 5.74) is 2.44. The van der Waals surface area contributed by atoms with Gasteiger partial charge >= 0.3 is 5.97 Å². The van der Waals surface area contributed by atoms with E-state index in [0.717, 1.165) is 44.5 Å². The lowest BCUT2D eigenvalue weighted by Gasteiger charge is -2.24. The number of hydrogen-bond donors (Lipinski definition) is 0.